The van der Waals surface area contributed by atoms with Gasteiger partial charge in [0.25, 0.3) is 0 Å². The number of ketones is 1. The van der Waals surface area contributed by atoms with E-state index in [0.29, 0.717) is 0 Å². The number of hydrogen-bond donors (Lipinski definition) is 0. The molecular weight excluding hydrogens is 280 g/mol. The highest BCUT2D eigenvalue weighted by molar-refractivity contribution is 9.10. The fraction of sp³-hybridized carbons (Fsp3) is 0.222. The SMILES string of the molecule is O=C(Cc1cccc(Br)c1F)C(F)(F)F. The van der Waals surface area contributed by atoms with Crippen LogP contribution in [0.15, 0.2) is 22.7 Å². The second kappa shape index (κ2) is 4.30. The van der Waals surface area contributed by atoms with Crippen molar-refractivity contribution in [3.63, 3.8) is 0 Å². The van der Waals surface area contributed by atoms with E-state index >= 15 is 0 Å². The van der Waals surface area contributed by atoms with Crippen molar-refractivity contribution in [2.24, 2.45) is 0 Å². The molecule has 0 fully saturated rings. The van der Waals surface area contributed by atoms with Crippen molar-refractivity contribution >= 4 is 21.7 Å². The molecule has 0 heterocycles. The number of Topliss-reactive ketones (excluding diaryl/α,β-unsaturated/α-hetero) is 1. The van der Waals surface area contributed by atoms with Gasteiger partial charge in [0, 0.05) is 6.42 Å². The molecule has 15 heavy (non-hydrogen) atoms. The van der Waals surface area contributed by atoms with Gasteiger partial charge in [-0.1, -0.05) is 12.1 Å². The zero-order chi connectivity index (χ0) is 11.6. The fourth-order valence-electron chi connectivity index (χ4n) is 0.958. The number of alkyl halides is 3. The molecule has 0 bridgehead atoms. The summed E-state index contributed by atoms with van der Waals surface area (Å²) >= 11 is 2.82. The van der Waals surface area contributed by atoms with Crippen LogP contribution in [0.1, 0.15) is 5.56 Å². The second-order valence-corrected chi connectivity index (χ2v) is 3.66. The summed E-state index contributed by atoms with van der Waals surface area (Å²) in [5.74, 6) is -2.80. The molecule has 0 aromatic heterocycles. The summed E-state index contributed by atoms with van der Waals surface area (Å²) in [6.45, 7) is 0. The molecule has 0 N–H and O–H groups in total. The summed E-state index contributed by atoms with van der Waals surface area (Å²) in [6, 6.07) is 3.85. The minimum atomic E-state index is -4.92. The normalized spacial score (nSPS) is 11.5. The molecule has 1 aromatic rings. The molecule has 0 aliphatic rings. The third-order valence-corrected chi connectivity index (χ3v) is 2.31. The third-order valence-electron chi connectivity index (χ3n) is 1.70. The first-order valence-electron chi connectivity index (χ1n) is 3.85. The van der Waals surface area contributed by atoms with E-state index in [-0.39, 0.29) is 10.0 Å². The lowest BCUT2D eigenvalue weighted by atomic mass is 10.1. The Hall–Kier alpha value is -0.910. The summed E-state index contributed by atoms with van der Waals surface area (Å²) in [5, 5.41) is 0. The highest BCUT2D eigenvalue weighted by Gasteiger charge is 2.38. The van der Waals surface area contributed by atoms with E-state index in [4.69, 9.17) is 0 Å². The number of carbonyl (C=O) groups is 1. The van der Waals surface area contributed by atoms with Crippen LogP contribution in [0.5, 0.6) is 0 Å². The first-order valence-corrected chi connectivity index (χ1v) is 4.64. The van der Waals surface area contributed by atoms with Gasteiger partial charge in [0.15, 0.2) is 0 Å². The zero-order valence-corrected chi connectivity index (χ0v) is 8.82. The highest BCUT2D eigenvalue weighted by atomic mass is 79.9. The van der Waals surface area contributed by atoms with Crippen LogP contribution in [-0.4, -0.2) is 12.0 Å². The number of carbonyl (C=O) groups excluding carboxylic acids is 1. The van der Waals surface area contributed by atoms with Crippen LogP contribution in [0, 0.1) is 5.82 Å². The maximum Gasteiger partial charge on any atom is 0.450 e. The molecule has 0 spiro atoms. The number of benzene rings is 1. The van der Waals surface area contributed by atoms with Crippen LogP contribution in [0.25, 0.3) is 0 Å². The Labute approximate surface area is 91.2 Å². The summed E-state index contributed by atoms with van der Waals surface area (Å²) in [7, 11) is 0. The smallest absolute Gasteiger partial charge is 0.289 e. The Morgan fingerprint density at radius 1 is 1.33 bits per heavy atom. The van der Waals surface area contributed by atoms with Crippen LogP contribution in [0.4, 0.5) is 17.6 Å². The Bertz CT molecular complexity index is 386. The summed E-state index contributed by atoms with van der Waals surface area (Å²) < 4.78 is 48.9. The van der Waals surface area contributed by atoms with Crippen LogP contribution in [0.3, 0.4) is 0 Å². The molecular formula is C9H5BrF4O. The standard InChI is InChI=1S/C9H5BrF4O/c10-6-3-1-2-5(8(6)11)4-7(15)9(12,13)14/h1-3H,4H2. The van der Waals surface area contributed by atoms with Gasteiger partial charge in [0.2, 0.25) is 5.78 Å². The van der Waals surface area contributed by atoms with Crippen molar-refractivity contribution in [1.82, 2.24) is 0 Å². The van der Waals surface area contributed by atoms with Gasteiger partial charge in [-0.15, -0.1) is 0 Å². The lowest BCUT2D eigenvalue weighted by Gasteiger charge is -2.06. The van der Waals surface area contributed by atoms with Gasteiger partial charge in [0.1, 0.15) is 5.82 Å². The van der Waals surface area contributed by atoms with Crippen LogP contribution < -0.4 is 0 Å². The Balaban J connectivity index is 2.91. The summed E-state index contributed by atoms with van der Waals surface area (Å²) in [4.78, 5) is 10.6. The lowest BCUT2D eigenvalue weighted by Crippen LogP contribution is -2.24. The van der Waals surface area contributed by atoms with E-state index in [1.54, 1.807) is 0 Å². The van der Waals surface area contributed by atoms with E-state index in [9.17, 15) is 22.4 Å². The first kappa shape index (κ1) is 12.2. The van der Waals surface area contributed by atoms with Gasteiger partial charge in [-0.05, 0) is 27.6 Å². The van der Waals surface area contributed by atoms with Crippen LogP contribution in [-0.2, 0) is 11.2 Å². The molecule has 0 amide bonds. The van der Waals surface area contributed by atoms with Crippen molar-refractivity contribution in [3.05, 3.63) is 34.1 Å². The van der Waals surface area contributed by atoms with Gasteiger partial charge >= 0.3 is 6.18 Å². The number of halogens is 5. The molecule has 1 nitrogen and oxygen atoms in total. The molecule has 0 aliphatic heterocycles. The Morgan fingerprint density at radius 2 is 1.93 bits per heavy atom. The average molecular weight is 285 g/mol. The molecule has 0 aliphatic carbocycles. The van der Waals surface area contributed by atoms with Gasteiger partial charge in [-0.3, -0.25) is 4.79 Å². The van der Waals surface area contributed by atoms with Crippen molar-refractivity contribution in [3.8, 4) is 0 Å². The number of rotatable bonds is 2. The van der Waals surface area contributed by atoms with Crippen molar-refractivity contribution in [2.45, 2.75) is 12.6 Å². The Morgan fingerprint density at radius 3 is 2.47 bits per heavy atom. The van der Waals surface area contributed by atoms with Gasteiger partial charge in [0.05, 0.1) is 4.47 Å². The lowest BCUT2D eigenvalue weighted by molar-refractivity contribution is -0.170. The predicted molar refractivity (Wildman–Crippen MR) is 48.9 cm³/mol. The summed E-state index contributed by atoms with van der Waals surface area (Å²) in [5.41, 5.74) is -0.272. The molecule has 0 saturated heterocycles. The molecule has 1 rings (SSSR count). The van der Waals surface area contributed by atoms with E-state index in [2.05, 4.69) is 15.9 Å². The van der Waals surface area contributed by atoms with Crippen molar-refractivity contribution in [1.29, 1.82) is 0 Å². The highest BCUT2D eigenvalue weighted by Crippen LogP contribution is 2.23. The average Bonchev–Trinajstić information content (AvgIpc) is 2.11. The van der Waals surface area contributed by atoms with E-state index < -0.39 is 24.2 Å². The molecule has 0 unspecified atom stereocenters. The minimum absolute atomic E-state index is 0.0370. The third kappa shape index (κ3) is 3.02. The monoisotopic (exact) mass is 284 g/mol. The first-order chi connectivity index (χ1) is 6.82. The molecule has 0 atom stereocenters. The molecule has 0 radical (unpaired) electrons. The zero-order valence-electron chi connectivity index (χ0n) is 7.24. The van der Waals surface area contributed by atoms with E-state index in [1.807, 2.05) is 0 Å². The van der Waals surface area contributed by atoms with E-state index in [0.717, 1.165) is 6.07 Å². The topological polar surface area (TPSA) is 17.1 Å². The van der Waals surface area contributed by atoms with E-state index in [1.165, 1.54) is 12.1 Å². The minimum Gasteiger partial charge on any atom is -0.289 e. The maximum absolute atomic E-state index is 13.2. The molecule has 82 valence electrons. The Kier molecular flexibility index (Phi) is 3.49. The van der Waals surface area contributed by atoms with Gasteiger partial charge in [-0.25, -0.2) is 4.39 Å². The predicted octanol–water partition coefficient (Wildman–Crippen LogP) is 3.26. The second-order valence-electron chi connectivity index (χ2n) is 2.81. The van der Waals surface area contributed by atoms with Gasteiger partial charge in [-0.2, -0.15) is 13.2 Å². The molecule has 1 aromatic carbocycles. The molecule has 0 saturated carbocycles. The van der Waals surface area contributed by atoms with Gasteiger partial charge < -0.3 is 0 Å². The summed E-state index contributed by atoms with van der Waals surface area (Å²) in [6.07, 6.45) is -5.90. The van der Waals surface area contributed by atoms with Crippen molar-refractivity contribution < 1.29 is 22.4 Å². The fourth-order valence-corrected chi connectivity index (χ4v) is 1.37. The maximum atomic E-state index is 13.2. The largest absolute Gasteiger partial charge is 0.450 e. The quantitative estimate of drug-likeness (QED) is 0.762. The molecule has 6 heteroatoms. The van der Waals surface area contributed by atoms with Crippen LogP contribution in [0.2, 0.25) is 0 Å². The number of hydrogen-bond acceptors (Lipinski definition) is 1. The van der Waals surface area contributed by atoms with Crippen molar-refractivity contribution in [2.75, 3.05) is 0 Å². The van der Waals surface area contributed by atoms with Crippen LogP contribution >= 0.6 is 15.9 Å².